The van der Waals surface area contributed by atoms with Crippen LogP contribution in [0.4, 0.5) is 0 Å². The van der Waals surface area contributed by atoms with E-state index in [1.54, 1.807) is 24.3 Å². The summed E-state index contributed by atoms with van der Waals surface area (Å²) >= 11 is 7.37. The second-order valence-electron chi connectivity index (χ2n) is 4.85. The first-order valence-corrected chi connectivity index (χ1v) is 8.02. The highest BCUT2D eigenvalue weighted by molar-refractivity contribution is 7.99. The first-order chi connectivity index (χ1) is 10.6. The summed E-state index contributed by atoms with van der Waals surface area (Å²) in [6.45, 7) is 3.88. The van der Waals surface area contributed by atoms with Crippen molar-refractivity contribution in [2.75, 3.05) is 5.75 Å². The Balaban J connectivity index is 1.83. The monoisotopic (exact) mass is 332 g/mol. The van der Waals surface area contributed by atoms with Crippen molar-refractivity contribution in [3.05, 3.63) is 52.3 Å². The van der Waals surface area contributed by atoms with Crippen LogP contribution in [0, 0.1) is 13.8 Å². The summed E-state index contributed by atoms with van der Waals surface area (Å²) in [4.78, 5) is 16.6. The molecule has 2 heterocycles. The number of hydrogen-bond donors (Lipinski definition) is 0. The molecule has 0 saturated carbocycles. The van der Waals surface area contributed by atoms with E-state index < -0.39 is 0 Å². The maximum absolute atomic E-state index is 12.3. The second kappa shape index (κ2) is 6.06. The number of carbonyl (C=O) groups excluding carboxylic acids is 1. The van der Waals surface area contributed by atoms with Gasteiger partial charge in [-0.3, -0.25) is 9.20 Å². The lowest BCUT2D eigenvalue weighted by Crippen LogP contribution is -2.04. The third-order valence-electron chi connectivity index (χ3n) is 3.17. The molecule has 0 fully saturated rings. The van der Waals surface area contributed by atoms with Gasteiger partial charge in [-0.25, -0.2) is 4.98 Å². The second-order valence-corrected chi connectivity index (χ2v) is 6.20. The van der Waals surface area contributed by atoms with Crippen LogP contribution in [0.2, 0.25) is 5.02 Å². The van der Waals surface area contributed by atoms with Crippen molar-refractivity contribution in [1.29, 1.82) is 0 Å². The number of Topliss-reactive ketones (excluding diaryl/α,β-unsaturated/α-hetero) is 1. The molecule has 1 aromatic carbocycles. The van der Waals surface area contributed by atoms with E-state index in [0.717, 1.165) is 11.4 Å². The molecule has 0 aliphatic heterocycles. The highest BCUT2D eigenvalue weighted by atomic mass is 35.5. The summed E-state index contributed by atoms with van der Waals surface area (Å²) in [7, 11) is 0. The Labute approximate surface area is 136 Å². The SMILES string of the molecule is Cc1cc(C)n2c(SCC(=O)c3ccccc3Cl)nnc2n1. The standard InChI is InChI=1S/C15H13ClN4OS/c1-9-7-10(2)20-14(17-9)18-19-15(20)22-8-13(21)11-5-3-4-6-12(11)16/h3-7H,8H2,1-2H3. The average molecular weight is 333 g/mol. The normalized spacial score (nSPS) is 11.0. The van der Waals surface area contributed by atoms with Crippen LogP contribution in [0.25, 0.3) is 5.78 Å². The lowest BCUT2D eigenvalue weighted by Gasteiger charge is -2.05. The fourth-order valence-corrected chi connectivity index (χ4v) is 3.30. The summed E-state index contributed by atoms with van der Waals surface area (Å²) in [6, 6.07) is 8.99. The van der Waals surface area contributed by atoms with E-state index >= 15 is 0 Å². The Morgan fingerprint density at radius 2 is 2.05 bits per heavy atom. The van der Waals surface area contributed by atoms with Crippen LogP contribution in [-0.4, -0.2) is 31.1 Å². The van der Waals surface area contributed by atoms with Gasteiger partial charge < -0.3 is 0 Å². The van der Waals surface area contributed by atoms with E-state index in [-0.39, 0.29) is 11.5 Å². The summed E-state index contributed by atoms with van der Waals surface area (Å²) in [5.74, 6) is 0.757. The number of hydrogen-bond acceptors (Lipinski definition) is 5. The molecule has 0 aliphatic carbocycles. The number of fused-ring (bicyclic) bond motifs is 1. The van der Waals surface area contributed by atoms with Crippen molar-refractivity contribution in [1.82, 2.24) is 19.6 Å². The Hall–Kier alpha value is -1.92. The highest BCUT2D eigenvalue weighted by Gasteiger charge is 2.14. The zero-order valence-electron chi connectivity index (χ0n) is 12.1. The molecule has 3 rings (SSSR count). The molecule has 2 aromatic heterocycles. The molecular weight excluding hydrogens is 320 g/mol. The van der Waals surface area contributed by atoms with Gasteiger partial charge >= 0.3 is 0 Å². The molecule has 0 atom stereocenters. The van der Waals surface area contributed by atoms with E-state index in [1.165, 1.54) is 11.8 Å². The number of benzene rings is 1. The van der Waals surface area contributed by atoms with Crippen LogP contribution in [0.3, 0.4) is 0 Å². The molecule has 0 aliphatic rings. The van der Waals surface area contributed by atoms with Gasteiger partial charge in [-0.15, -0.1) is 10.2 Å². The van der Waals surface area contributed by atoms with Gasteiger partial charge in [0, 0.05) is 17.0 Å². The number of aromatic nitrogens is 4. The van der Waals surface area contributed by atoms with Crippen LogP contribution in [-0.2, 0) is 0 Å². The molecule has 0 bridgehead atoms. The van der Waals surface area contributed by atoms with Gasteiger partial charge in [0.05, 0.1) is 10.8 Å². The topological polar surface area (TPSA) is 60.2 Å². The van der Waals surface area contributed by atoms with Crippen LogP contribution in [0.1, 0.15) is 21.7 Å². The smallest absolute Gasteiger partial charge is 0.256 e. The Bertz CT molecular complexity index is 862. The van der Waals surface area contributed by atoms with E-state index in [2.05, 4.69) is 15.2 Å². The number of halogens is 1. The minimum atomic E-state index is -0.0370. The summed E-state index contributed by atoms with van der Waals surface area (Å²) in [5.41, 5.74) is 2.40. The lowest BCUT2D eigenvalue weighted by molar-refractivity contribution is 0.102. The maximum atomic E-state index is 12.3. The molecule has 112 valence electrons. The minimum absolute atomic E-state index is 0.0370. The van der Waals surface area contributed by atoms with Crippen LogP contribution >= 0.6 is 23.4 Å². The largest absolute Gasteiger partial charge is 0.293 e. The van der Waals surface area contributed by atoms with Crippen molar-refractivity contribution >= 4 is 34.9 Å². The van der Waals surface area contributed by atoms with E-state index in [9.17, 15) is 4.79 Å². The number of thioether (sulfide) groups is 1. The zero-order chi connectivity index (χ0) is 15.7. The maximum Gasteiger partial charge on any atom is 0.256 e. The van der Waals surface area contributed by atoms with Crippen LogP contribution in [0.15, 0.2) is 35.5 Å². The Morgan fingerprint density at radius 3 is 2.82 bits per heavy atom. The quantitative estimate of drug-likeness (QED) is 0.541. The molecule has 0 saturated heterocycles. The number of nitrogens with zero attached hydrogens (tertiary/aromatic N) is 4. The fraction of sp³-hybridized carbons (Fsp3) is 0.200. The van der Waals surface area contributed by atoms with E-state index in [4.69, 9.17) is 11.6 Å². The van der Waals surface area contributed by atoms with Crippen molar-refractivity contribution in [2.45, 2.75) is 19.0 Å². The molecule has 5 nitrogen and oxygen atoms in total. The highest BCUT2D eigenvalue weighted by Crippen LogP contribution is 2.22. The molecular formula is C15H13ClN4OS. The van der Waals surface area contributed by atoms with Crippen molar-refractivity contribution < 1.29 is 4.79 Å². The van der Waals surface area contributed by atoms with Crippen molar-refractivity contribution in [3.8, 4) is 0 Å². The van der Waals surface area contributed by atoms with Gasteiger partial charge in [0.15, 0.2) is 10.9 Å². The van der Waals surface area contributed by atoms with Gasteiger partial charge in [-0.1, -0.05) is 35.5 Å². The molecule has 0 unspecified atom stereocenters. The first kappa shape index (κ1) is 15.0. The van der Waals surface area contributed by atoms with Crippen molar-refractivity contribution in [3.63, 3.8) is 0 Å². The molecule has 7 heteroatoms. The van der Waals surface area contributed by atoms with Gasteiger partial charge in [-0.2, -0.15) is 0 Å². The molecule has 22 heavy (non-hydrogen) atoms. The molecule has 0 N–H and O–H groups in total. The van der Waals surface area contributed by atoms with Gasteiger partial charge in [-0.05, 0) is 32.0 Å². The number of carbonyl (C=O) groups is 1. The number of aryl methyl sites for hydroxylation is 2. The average Bonchev–Trinajstić information content (AvgIpc) is 2.88. The summed E-state index contributed by atoms with van der Waals surface area (Å²) in [5, 5.41) is 9.28. The van der Waals surface area contributed by atoms with Crippen LogP contribution in [0.5, 0.6) is 0 Å². The number of rotatable bonds is 4. The molecule has 3 aromatic rings. The Kier molecular flexibility index (Phi) is 4.13. The summed E-state index contributed by atoms with van der Waals surface area (Å²) in [6.07, 6.45) is 0. The molecule has 0 radical (unpaired) electrons. The van der Waals surface area contributed by atoms with Gasteiger partial charge in [0.1, 0.15) is 0 Å². The van der Waals surface area contributed by atoms with Crippen molar-refractivity contribution in [2.24, 2.45) is 0 Å². The molecule has 0 spiro atoms. The summed E-state index contributed by atoms with van der Waals surface area (Å²) < 4.78 is 1.84. The molecule has 0 amide bonds. The van der Waals surface area contributed by atoms with E-state index in [1.807, 2.05) is 24.3 Å². The predicted molar refractivity (Wildman–Crippen MR) is 86.8 cm³/mol. The van der Waals surface area contributed by atoms with Gasteiger partial charge in [0.2, 0.25) is 0 Å². The van der Waals surface area contributed by atoms with E-state index in [0.29, 0.717) is 21.5 Å². The Morgan fingerprint density at radius 1 is 1.27 bits per heavy atom. The third-order valence-corrected chi connectivity index (χ3v) is 4.43. The zero-order valence-corrected chi connectivity index (χ0v) is 13.6. The predicted octanol–water partition coefficient (Wildman–Crippen LogP) is 3.37. The third kappa shape index (κ3) is 2.84. The lowest BCUT2D eigenvalue weighted by atomic mass is 10.1. The van der Waals surface area contributed by atoms with Gasteiger partial charge in [0.25, 0.3) is 5.78 Å². The minimum Gasteiger partial charge on any atom is -0.293 e. The first-order valence-electron chi connectivity index (χ1n) is 6.66. The fourth-order valence-electron chi connectivity index (χ4n) is 2.19. The van der Waals surface area contributed by atoms with Crippen LogP contribution < -0.4 is 0 Å². The number of ketones is 1.